The molecule has 0 N–H and O–H groups in total. The minimum absolute atomic E-state index is 0.281. The summed E-state index contributed by atoms with van der Waals surface area (Å²) < 4.78 is 4.70. The Morgan fingerprint density at radius 1 is 0.875 bits per heavy atom. The van der Waals surface area contributed by atoms with Crippen molar-refractivity contribution in [1.29, 1.82) is 0 Å². The van der Waals surface area contributed by atoms with Crippen LogP contribution in [0.15, 0.2) is 0 Å². The molecule has 0 spiro atoms. The number of unbranched alkanes of at least 4 members (excludes halogenated alkanes) is 1. The summed E-state index contributed by atoms with van der Waals surface area (Å²) in [4.78, 5) is 0. The second-order valence-electron chi connectivity index (χ2n) is 6.03. The first kappa shape index (κ1) is 19.9. The van der Waals surface area contributed by atoms with Crippen molar-refractivity contribution in [3.63, 3.8) is 0 Å². The van der Waals surface area contributed by atoms with E-state index >= 15 is 0 Å². The van der Waals surface area contributed by atoms with Crippen LogP contribution in [-0.4, -0.2) is 40.7 Å². The fraction of sp³-hybridized carbons (Fsp3) is 1.00. The molecule has 0 aliphatic heterocycles. The first-order valence-corrected chi connectivity index (χ1v) is 10.9. The van der Waals surface area contributed by atoms with Crippen LogP contribution in [-0.2, 0) is 0 Å². The maximum Gasteiger partial charge on any atom is 0.371 e. The van der Waals surface area contributed by atoms with Crippen molar-refractivity contribution in [3.8, 4) is 0 Å². The van der Waals surface area contributed by atoms with Crippen molar-refractivity contribution >= 4 is 40.7 Å². The number of hydrogen-bond donors (Lipinski definition) is 0. The Kier molecular flexibility index (Phi) is 18.1. The van der Waals surface area contributed by atoms with Gasteiger partial charge in [-0.25, -0.2) is 0 Å². The van der Waals surface area contributed by atoms with E-state index in [9.17, 15) is 0 Å². The van der Waals surface area contributed by atoms with Gasteiger partial charge in [0.05, 0.1) is 0 Å². The van der Waals surface area contributed by atoms with Crippen molar-refractivity contribution in [1.82, 2.24) is 0 Å². The summed E-state index contributed by atoms with van der Waals surface area (Å²) >= 11 is 0.606. The third kappa shape index (κ3) is 20.9. The molecular weight excluding hydrogens is 217 g/mol. The molecule has 92 valence electrons. The molecule has 0 aromatic carbocycles. The summed E-state index contributed by atoms with van der Waals surface area (Å²) in [5.74, 6) is 0. The first-order chi connectivity index (χ1) is 7.43. The van der Waals surface area contributed by atoms with E-state index in [0.29, 0.717) is 20.4 Å². The van der Waals surface area contributed by atoms with Gasteiger partial charge in [-0.2, -0.15) is 0 Å². The predicted octanol–water partition coefficient (Wildman–Crippen LogP) is 5.47. The molecule has 0 aromatic rings. The van der Waals surface area contributed by atoms with Crippen molar-refractivity contribution in [3.05, 3.63) is 0 Å². The van der Waals surface area contributed by atoms with E-state index < -0.39 is 0 Å². The van der Waals surface area contributed by atoms with Crippen LogP contribution in [0.2, 0.25) is 16.7 Å². The minimum atomic E-state index is 0.281. The molecule has 0 nitrogen and oxygen atoms in total. The summed E-state index contributed by atoms with van der Waals surface area (Å²) in [5, 5.41) is 0. The Morgan fingerprint density at radius 3 is 1.62 bits per heavy atom. The predicted molar refractivity (Wildman–Crippen MR) is 81.1 cm³/mol. The van der Waals surface area contributed by atoms with Gasteiger partial charge in [0.2, 0.25) is 0 Å². The SMILES string of the molecule is CCC[CH2][Mg][CH](C)CC.C[CH](C)[Mg][CH](C)C. The lowest BCUT2D eigenvalue weighted by atomic mass is 10.4. The van der Waals surface area contributed by atoms with Gasteiger partial charge in [0.25, 0.3) is 0 Å². The summed E-state index contributed by atoms with van der Waals surface area (Å²) in [6.07, 6.45) is 4.29. The van der Waals surface area contributed by atoms with Gasteiger partial charge in [0.15, 0.2) is 0 Å². The normalized spacial score (nSPS) is 11.6. The zero-order valence-electron chi connectivity index (χ0n) is 13.0. The molecule has 0 saturated carbocycles. The van der Waals surface area contributed by atoms with Crippen LogP contribution >= 0.6 is 0 Å². The summed E-state index contributed by atoms with van der Waals surface area (Å²) in [6, 6.07) is 0. The van der Waals surface area contributed by atoms with E-state index in [4.69, 9.17) is 0 Å². The van der Waals surface area contributed by atoms with Crippen molar-refractivity contribution < 1.29 is 0 Å². The average Bonchev–Trinajstić information content (AvgIpc) is 2.16. The van der Waals surface area contributed by atoms with E-state index in [1.165, 1.54) is 19.3 Å². The van der Waals surface area contributed by atoms with E-state index in [-0.39, 0.29) is 20.4 Å². The molecule has 0 heterocycles. The van der Waals surface area contributed by atoms with Gasteiger partial charge in [0.1, 0.15) is 0 Å². The second-order valence-corrected chi connectivity index (χ2v) is 12.4. The van der Waals surface area contributed by atoms with Crippen LogP contribution in [0.5, 0.6) is 0 Å². The molecular formula is C14H32Mg2. The largest absolute Gasteiger partial charge is 0.371 e. The standard InChI is InChI=1S/2C4H9.2C3H7.2Mg/c2*1-3-4-2;2*1-3-2;;/h3H,4H2,1-2H3;1,3-4H2,2H3;2*3H,1-2H3;;. The van der Waals surface area contributed by atoms with Gasteiger partial charge in [-0.1, -0.05) is 67.7 Å². The van der Waals surface area contributed by atoms with E-state index in [1.54, 1.807) is 4.55 Å². The van der Waals surface area contributed by atoms with Crippen LogP contribution < -0.4 is 0 Å². The maximum atomic E-state index is 2.40. The van der Waals surface area contributed by atoms with Crippen LogP contribution in [0, 0.1) is 0 Å². The lowest BCUT2D eigenvalue weighted by molar-refractivity contribution is 0.831. The van der Waals surface area contributed by atoms with Crippen LogP contribution in [0.3, 0.4) is 0 Å². The number of rotatable bonds is 7. The smallest absolute Gasteiger partial charge is 0.145 e. The Bertz CT molecular complexity index is 116. The van der Waals surface area contributed by atoms with Crippen LogP contribution in [0.1, 0.15) is 67.7 Å². The molecule has 0 bridgehead atoms. The second kappa shape index (κ2) is 14.6. The minimum Gasteiger partial charge on any atom is -0.145 e. The maximum absolute atomic E-state index is 2.40. The van der Waals surface area contributed by atoms with Gasteiger partial charge in [-0.05, 0) is 0 Å². The third-order valence-electron chi connectivity index (χ3n) is 2.94. The lowest BCUT2D eigenvalue weighted by Gasteiger charge is -2.02. The molecule has 0 amide bonds. The molecule has 1 unspecified atom stereocenters. The highest BCUT2D eigenvalue weighted by atomic mass is 24.5. The molecule has 0 saturated heterocycles. The monoisotopic (exact) mass is 248 g/mol. The van der Waals surface area contributed by atoms with Gasteiger partial charge in [-0.3, -0.25) is 0 Å². The summed E-state index contributed by atoms with van der Waals surface area (Å²) in [5.41, 5.74) is 0. The van der Waals surface area contributed by atoms with Gasteiger partial charge < -0.3 is 0 Å². The zero-order chi connectivity index (χ0) is 13.0. The highest BCUT2D eigenvalue weighted by Gasteiger charge is 2.03. The molecule has 0 aromatic heterocycles. The Labute approximate surface area is 124 Å². The van der Waals surface area contributed by atoms with Crippen molar-refractivity contribution in [2.45, 2.75) is 84.4 Å². The van der Waals surface area contributed by atoms with Crippen LogP contribution in [0.25, 0.3) is 0 Å². The molecule has 0 aliphatic carbocycles. The Hall–Kier alpha value is 1.53. The Morgan fingerprint density at radius 2 is 1.38 bits per heavy atom. The van der Waals surface area contributed by atoms with Gasteiger partial charge >= 0.3 is 40.7 Å². The lowest BCUT2D eigenvalue weighted by Crippen LogP contribution is -1.98. The topological polar surface area (TPSA) is 0 Å². The highest BCUT2D eigenvalue weighted by Crippen LogP contribution is 2.09. The van der Waals surface area contributed by atoms with Crippen molar-refractivity contribution in [2.24, 2.45) is 0 Å². The summed E-state index contributed by atoms with van der Waals surface area (Å²) in [7, 11) is 0. The molecule has 2 heteroatoms. The van der Waals surface area contributed by atoms with E-state index in [2.05, 4.69) is 48.5 Å². The zero-order valence-corrected chi connectivity index (χ0v) is 15.8. The molecule has 0 fully saturated rings. The highest BCUT2D eigenvalue weighted by molar-refractivity contribution is 6.39. The molecule has 1 atom stereocenters. The molecule has 0 aliphatic rings. The van der Waals surface area contributed by atoms with Crippen molar-refractivity contribution in [2.75, 3.05) is 0 Å². The van der Waals surface area contributed by atoms with Gasteiger partial charge in [0, 0.05) is 0 Å². The fourth-order valence-corrected chi connectivity index (χ4v) is 5.67. The molecule has 0 rings (SSSR count). The fourth-order valence-electron chi connectivity index (χ4n) is 1.89. The first-order valence-electron chi connectivity index (χ1n) is 7.43. The third-order valence-corrected chi connectivity index (χ3v) is 7.30. The quantitative estimate of drug-likeness (QED) is 0.414. The summed E-state index contributed by atoms with van der Waals surface area (Å²) in [6.45, 7) is 16.3. The van der Waals surface area contributed by atoms with E-state index in [1.807, 2.05) is 0 Å². The Balaban J connectivity index is 0. The molecule has 16 heavy (non-hydrogen) atoms. The number of hydrogen-bond acceptors (Lipinski definition) is 0. The van der Waals surface area contributed by atoms with E-state index in [0.717, 1.165) is 12.1 Å². The van der Waals surface area contributed by atoms with Crippen LogP contribution in [0.4, 0.5) is 0 Å². The molecule has 0 radical (unpaired) electrons. The average molecular weight is 249 g/mol. The van der Waals surface area contributed by atoms with Gasteiger partial charge in [-0.15, -0.1) is 16.7 Å².